The van der Waals surface area contributed by atoms with Crippen LogP contribution >= 0.6 is 23.2 Å². The molecule has 0 unspecified atom stereocenters. The molecule has 9 heteroatoms. The number of hydrogen-bond donors (Lipinski definition) is 0. The van der Waals surface area contributed by atoms with Gasteiger partial charge in [-0.3, -0.25) is 0 Å². The average molecular weight is 384 g/mol. The summed E-state index contributed by atoms with van der Waals surface area (Å²) in [5.74, 6) is 0. The van der Waals surface area contributed by atoms with Crippen LogP contribution in [0.3, 0.4) is 0 Å². The minimum Gasteiger partial charge on any atom is -0.243 e. The summed E-state index contributed by atoms with van der Waals surface area (Å²) in [7, 11) is -3.76. The molecule has 0 atom stereocenters. The van der Waals surface area contributed by atoms with Gasteiger partial charge in [0.1, 0.15) is 4.90 Å². The summed E-state index contributed by atoms with van der Waals surface area (Å²) in [5, 5.41) is 8.25. The maximum Gasteiger partial charge on any atom is 0.245 e. The van der Waals surface area contributed by atoms with Crippen LogP contribution in [0, 0.1) is 0 Å². The highest BCUT2D eigenvalue weighted by molar-refractivity contribution is 7.89. The Balaban J connectivity index is 1.78. The SMILES string of the molecule is O=S(=O)(c1ccc(Cl)c2nonc12)N1CCc2ccc(Cl)cc2C1. The van der Waals surface area contributed by atoms with E-state index in [0.717, 1.165) is 11.1 Å². The highest BCUT2D eigenvalue weighted by Gasteiger charge is 2.31. The number of nitrogens with zero attached hydrogens (tertiary/aromatic N) is 3. The van der Waals surface area contributed by atoms with Crippen molar-refractivity contribution in [2.75, 3.05) is 6.54 Å². The summed E-state index contributed by atoms with van der Waals surface area (Å²) in [6.45, 7) is 0.639. The van der Waals surface area contributed by atoms with Crippen LogP contribution in [0.4, 0.5) is 0 Å². The first-order valence-corrected chi connectivity index (χ1v) is 9.34. The van der Waals surface area contributed by atoms with E-state index < -0.39 is 10.0 Å². The van der Waals surface area contributed by atoms with E-state index in [2.05, 4.69) is 14.9 Å². The van der Waals surface area contributed by atoms with E-state index in [1.165, 1.54) is 16.4 Å². The molecule has 0 aliphatic carbocycles. The summed E-state index contributed by atoms with van der Waals surface area (Å²) in [4.78, 5) is 0.0358. The second-order valence-electron chi connectivity index (χ2n) is 5.51. The van der Waals surface area contributed by atoms with Crippen molar-refractivity contribution in [3.8, 4) is 0 Å². The molecule has 2 aromatic carbocycles. The lowest BCUT2D eigenvalue weighted by atomic mass is 10.0. The molecule has 24 heavy (non-hydrogen) atoms. The van der Waals surface area contributed by atoms with Crippen molar-refractivity contribution in [3.05, 3.63) is 51.5 Å². The normalized spacial score (nSPS) is 15.6. The Bertz CT molecular complexity index is 1050. The number of hydrogen-bond acceptors (Lipinski definition) is 5. The lowest BCUT2D eigenvalue weighted by Gasteiger charge is -2.28. The Kier molecular flexibility index (Phi) is 3.76. The van der Waals surface area contributed by atoms with Gasteiger partial charge in [-0.15, -0.1) is 0 Å². The number of benzene rings is 2. The Morgan fingerprint density at radius 2 is 1.83 bits per heavy atom. The molecule has 0 amide bonds. The standard InChI is InChI=1S/C15H11Cl2N3O3S/c16-11-2-1-9-5-6-20(8-10(9)7-11)24(21,22)13-4-3-12(17)14-15(13)19-23-18-14/h1-4,7H,5-6,8H2. The van der Waals surface area contributed by atoms with Gasteiger partial charge in [0.25, 0.3) is 0 Å². The van der Waals surface area contributed by atoms with E-state index in [0.29, 0.717) is 23.0 Å². The van der Waals surface area contributed by atoms with Gasteiger partial charge < -0.3 is 0 Å². The number of halogens is 2. The van der Waals surface area contributed by atoms with Crippen LogP contribution in [0.5, 0.6) is 0 Å². The zero-order valence-corrected chi connectivity index (χ0v) is 14.6. The fourth-order valence-electron chi connectivity index (χ4n) is 2.87. The van der Waals surface area contributed by atoms with Crippen LogP contribution in [0.15, 0.2) is 39.9 Å². The first kappa shape index (κ1) is 15.8. The molecule has 1 aliphatic heterocycles. The summed E-state index contributed by atoms with van der Waals surface area (Å²) < 4.78 is 32.2. The first-order valence-electron chi connectivity index (χ1n) is 7.15. The predicted molar refractivity (Wildman–Crippen MR) is 89.6 cm³/mol. The third-order valence-corrected chi connectivity index (χ3v) is 6.51. The molecule has 3 aromatic rings. The van der Waals surface area contributed by atoms with E-state index in [-0.39, 0.29) is 22.5 Å². The van der Waals surface area contributed by atoms with Crippen LogP contribution in [-0.4, -0.2) is 29.6 Å². The Morgan fingerprint density at radius 3 is 2.67 bits per heavy atom. The fourth-order valence-corrected chi connectivity index (χ4v) is 4.78. The number of rotatable bonds is 2. The number of sulfonamides is 1. The predicted octanol–water partition coefficient (Wildman–Crippen LogP) is 3.28. The average Bonchev–Trinajstić information content (AvgIpc) is 3.04. The lowest BCUT2D eigenvalue weighted by Crippen LogP contribution is -2.36. The van der Waals surface area contributed by atoms with E-state index in [1.807, 2.05) is 12.1 Å². The Hall–Kier alpha value is -1.67. The fraction of sp³-hybridized carbons (Fsp3) is 0.200. The van der Waals surface area contributed by atoms with Crippen LogP contribution in [0.25, 0.3) is 11.0 Å². The molecular formula is C15H11Cl2N3O3S. The topological polar surface area (TPSA) is 76.3 Å². The minimum absolute atomic E-state index is 0.0358. The maximum absolute atomic E-state index is 13.0. The van der Waals surface area contributed by atoms with Gasteiger partial charge in [0.05, 0.1) is 5.02 Å². The van der Waals surface area contributed by atoms with Crippen molar-refractivity contribution >= 4 is 44.3 Å². The Labute approximate surface area is 148 Å². The third-order valence-electron chi connectivity index (χ3n) is 4.09. The molecule has 2 heterocycles. The van der Waals surface area contributed by atoms with Crippen LogP contribution in [0.1, 0.15) is 11.1 Å². The molecule has 1 aromatic heterocycles. The van der Waals surface area contributed by atoms with E-state index in [9.17, 15) is 8.42 Å². The summed E-state index contributed by atoms with van der Waals surface area (Å²) in [6.07, 6.45) is 0.625. The summed E-state index contributed by atoms with van der Waals surface area (Å²) in [6, 6.07) is 8.46. The number of aromatic nitrogens is 2. The third kappa shape index (κ3) is 2.48. The molecule has 0 saturated carbocycles. The monoisotopic (exact) mass is 383 g/mol. The van der Waals surface area contributed by atoms with Crippen molar-refractivity contribution in [2.24, 2.45) is 0 Å². The van der Waals surface area contributed by atoms with Crippen molar-refractivity contribution in [1.29, 1.82) is 0 Å². The summed E-state index contributed by atoms with van der Waals surface area (Å²) >= 11 is 12.0. The van der Waals surface area contributed by atoms with Gasteiger partial charge in [-0.1, -0.05) is 29.3 Å². The van der Waals surface area contributed by atoms with Gasteiger partial charge in [-0.25, -0.2) is 13.0 Å². The van der Waals surface area contributed by atoms with E-state index in [4.69, 9.17) is 23.2 Å². The highest BCUT2D eigenvalue weighted by atomic mass is 35.5. The second-order valence-corrected chi connectivity index (χ2v) is 8.26. The molecule has 0 fully saturated rings. The molecule has 0 radical (unpaired) electrons. The van der Waals surface area contributed by atoms with Gasteiger partial charge >= 0.3 is 0 Å². The maximum atomic E-state index is 13.0. The van der Waals surface area contributed by atoms with Crippen molar-refractivity contribution in [3.63, 3.8) is 0 Å². The van der Waals surface area contributed by atoms with E-state index in [1.54, 1.807) is 6.07 Å². The molecule has 0 saturated heterocycles. The van der Waals surface area contributed by atoms with Crippen LogP contribution in [-0.2, 0) is 23.0 Å². The first-order chi connectivity index (χ1) is 11.5. The molecule has 1 aliphatic rings. The molecule has 0 bridgehead atoms. The molecular weight excluding hydrogens is 373 g/mol. The molecule has 0 spiro atoms. The van der Waals surface area contributed by atoms with Gasteiger partial charge in [0, 0.05) is 18.1 Å². The largest absolute Gasteiger partial charge is 0.245 e. The van der Waals surface area contributed by atoms with Crippen molar-refractivity contribution in [2.45, 2.75) is 17.9 Å². The van der Waals surface area contributed by atoms with Gasteiger partial charge in [-0.2, -0.15) is 4.31 Å². The molecule has 0 N–H and O–H groups in total. The molecule has 4 rings (SSSR count). The van der Waals surface area contributed by atoms with Gasteiger partial charge in [0.15, 0.2) is 11.0 Å². The minimum atomic E-state index is -3.76. The van der Waals surface area contributed by atoms with Crippen molar-refractivity contribution < 1.29 is 13.0 Å². The van der Waals surface area contributed by atoms with Gasteiger partial charge in [0.2, 0.25) is 10.0 Å². The zero-order chi connectivity index (χ0) is 16.9. The molecule has 124 valence electrons. The van der Waals surface area contributed by atoms with E-state index >= 15 is 0 Å². The summed E-state index contributed by atoms with van der Waals surface area (Å²) in [5.41, 5.74) is 2.38. The highest BCUT2D eigenvalue weighted by Crippen LogP contribution is 2.31. The molecule has 6 nitrogen and oxygen atoms in total. The van der Waals surface area contributed by atoms with Gasteiger partial charge in [-0.05, 0) is 52.1 Å². The quantitative estimate of drug-likeness (QED) is 0.678. The number of fused-ring (bicyclic) bond motifs is 2. The van der Waals surface area contributed by atoms with Crippen molar-refractivity contribution in [1.82, 2.24) is 14.6 Å². The Morgan fingerprint density at radius 1 is 1.04 bits per heavy atom. The second kappa shape index (κ2) is 5.70. The van der Waals surface area contributed by atoms with Crippen LogP contribution in [0.2, 0.25) is 10.0 Å². The zero-order valence-electron chi connectivity index (χ0n) is 12.2. The van der Waals surface area contributed by atoms with Crippen LogP contribution < -0.4 is 0 Å². The lowest BCUT2D eigenvalue weighted by molar-refractivity contribution is 0.315. The smallest absolute Gasteiger partial charge is 0.243 e.